The third-order valence-corrected chi connectivity index (χ3v) is 5.67. The van der Waals surface area contributed by atoms with Crippen molar-refractivity contribution < 1.29 is 27.2 Å². The lowest BCUT2D eigenvalue weighted by atomic mass is 10.2. The van der Waals surface area contributed by atoms with Gasteiger partial charge in [0.05, 0.1) is 11.2 Å². The molecule has 170 valence electrons. The van der Waals surface area contributed by atoms with E-state index in [2.05, 4.69) is 10.3 Å². The number of furan rings is 1. The molecule has 0 aliphatic heterocycles. The molecule has 0 radical (unpaired) electrons. The summed E-state index contributed by atoms with van der Waals surface area (Å²) in [5.74, 6) is -1.55. The van der Waals surface area contributed by atoms with Crippen LogP contribution >= 0.6 is 0 Å². The second kappa shape index (κ2) is 8.48. The van der Waals surface area contributed by atoms with E-state index in [1.54, 1.807) is 24.3 Å². The Morgan fingerprint density at radius 2 is 1.97 bits per heavy atom. The molecule has 0 fully saturated rings. The molecule has 33 heavy (non-hydrogen) atoms. The zero-order chi connectivity index (χ0) is 23.8. The Kier molecular flexibility index (Phi) is 5.70. The molecule has 1 atom stereocenters. The van der Waals surface area contributed by atoms with Crippen LogP contribution in [0.25, 0.3) is 22.1 Å². The minimum atomic E-state index is -3.95. The van der Waals surface area contributed by atoms with Crippen LogP contribution in [0.15, 0.2) is 69.0 Å². The number of ether oxygens (including phenoxy) is 1. The Balaban J connectivity index is 1.45. The van der Waals surface area contributed by atoms with Crippen molar-refractivity contribution in [2.45, 2.75) is 24.5 Å². The third-order valence-electron chi connectivity index (χ3n) is 4.76. The first-order valence-corrected chi connectivity index (χ1v) is 11.2. The molecule has 2 aromatic carbocycles. The summed E-state index contributed by atoms with van der Waals surface area (Å²) in [4.78, 5) is 41.4. The summed E-state index contributed by atoms with van der Waals surface area (Å²) in [5, 5.41) is 8.19. The molecule has 0 aliphatic rings. The van der Waals surface area contributed by atoms with E-state index in [9.17, 15) is 22.8 Å². The van der Waals surface area contributed by atoms with Crippen LogP contribution in [-0.2, 0) is 30.9 Å². The molecule has 2 heterocycles. The zero-order valence-corrected chi connectivity index (χ0v) is 18.0. The molecule has 0 saturated heterocycles. The second-order valence-electron chi connectivity index (χ2n) is 7.15. The lowest BCUT2D eigenvalue weighted by molar-refractivity contribution is -0.153. The monoisotopic (exact) mass is 470 g/mol. The number of sulfonamides is 1. The summed E-state index contributed by atoms with van der Waals surface area (Å²) in [7, 11) is -3.95. The van der Waals surface area contributed by atoms with Gasteiger partial charge in [0.15, 0.2) is 6.10 Å². The lowest BCUT2D eigenvalue weighted by Crippen LogP contribution is -2.33. The molecular formula is C21H18N4O7S. The molecule has 0 aliphatic carbocycles. The van der Waals surface area contributed by atoms with E-state index in [1.165, 1.54) is 37.5 Å². The van der Waals surface area contributed by atoms with Gasteiger partial charge in [-0.1, -0.05) is 18.2 Å². The summed E-state index contributed by atoms with van der Waals surface area (Å²) in [6, 6.07) is 12.3. The van der Waals surface area contributed by atoms with Gasteiger partial charge in [-0.15, -0.1) is 0 Å². The number of para-hydroxylation sites is 1. The van der Waals surface area contributed by atoms with E-state index >= 15 is 0 Å². The third kappa shape index (κ3) is 4.61. The summed E-state index contributed by atoms with van der Waals surface area (Å²) in [6.45, 7) is 0.845. The Labute approximate surface area is 186 Å². The number of esters is 1. The van der Waals surface area contributed by atoms with Gasteiger partial charge in [0.2, 0.25) is 15.6 Å². The summed E-state index contributed by atoms with van der Waals surface area (Å²) >= 11 is 0. The normalized spacial score (nSPS) is 12.5. The minimum Gasteiger partial charge on any atom is -0.451 e. The van der Waals surface area contributed by atoms with Crippen LogP contribution in [0.4, 0.5) is 5.69 Å². The highest BCUT2D eigenvalue weighted by Gasteiger charge is 2.20. The number of amides is 1. The van der Waals surface area contributed by atoms with Crippen LogP contribution in [0.1, 0.15) is 6.92 Å². The summed E-state index contributed by atoms with van der Waals surface area (Å²) in [5.41, 5.74) is 0.478. The van der Waals surface area contributed by atoms with Gasteiger partial charge in [0.25, 0.3) is 11.5 Å². The molecule has 4 rings (SSSR count). The van der Waals surface area contributed by atoms with Gasteiger partial charge < -0.3 is 14.5 Å². The van der Waals surface area contributed by atoms with E-state index < -0.39 is 40.1 Å². The van der Waals surface area contributed by atoms with Gasteiger partial charge in [0.1, 0.15) is 17.6 Å². The SMILES string of the molecule is CC(OC(=O)Cn1cnc2c(oc3ccccc32)c1=O)C(=O)Nc1cccc(S(N)(=O)=O)c1. The summed E-state index contributed by atoms with van der Waals surface area (Å²) < 4.78 is 34.6. The number of hydrogen-bond acceptors (Lipinski definition) is 8. The molecule has 1 unspecified atom stereocenters. The lowest BCUT2D eigenvalue weighted by Gasteiger charge is -2.14. The predicted molar refractivity (Wildman–Crippen MR) is 118 cm³/mol. The molecule has 12 heteroatoms. The van der Waals surface area contributed by atoms with Crippen molar-refractivity contribution in [2.75, 3.05) is 5.32 Å². The van der Waals surface area contributed by atoms with Crippen LogP contribution in [0.5, 0.6) is 0 Å². The van der Waals surface area contributed by atoms with E-state index in [0.717, 1.165) is 4.57 Å². The maximum absolute atomic E-state index is 12.7. The standard InChI is InChI=1S/C21H18N4O7S/c1-12(20(27)24-13-5-4-6-14(9-13)33(22,29)30)31-17(26)10-25-11-23-18-15-7-2-3-8-16(15)32-19(18)21(25)28/h2-9,11-12H,10H2,1H3,(H,24,27)(H2,22,29,30). The number of fused-ring (bicyclic) bond motifs is 3. The first kappa shape index (κ1) is 22.2. The Morgan fingerprint density at radius 1 is 1.21 bits per heavy atom. The quantitative estimate of drug-likeness (QED) is 0.399. The fourth-order valence-corrected chi connectivity index (χ4v) is 3.71. The van der Waals surface area contributed by atoms with E-state index in [4.69, 9.17) is 14.3 Å². The van der Waals surface area contributed by atoms with Crippen molar-refractivity contribution in [3.63, 3.8) is 0 Å². The van der Waals surface area contributed by atoms with Crippen LogP contribution in [0, 0.1) is 0 Å². The first-order chi connectivity index (χ1) is 15.6. The van der Waals surface area contributed by atoms with Crippen molar-refractivity contribution >= 4 is 49.7 Å². The van der Waals surface area contributed by atoms with Crippen LogP contribution in [0.3, 0.4) is 0 Å². The van der Waals surface area contributed by atoms with Gasteiger partial charge in [-0.2, -0.15) is 0 Å². The molecule has 4 aromatic rings. The van der Waals surface area contributed by atoms with Gasteiger partial charge in [-0.3, -0.25) is 19.0 Å². The first-order valence-electron chi connectivity index (χ1n) is 9.63. The molecular weight excluding hydrogens is 452 g/mol. The van der Waals surface area contributed by atoms with Gasteiger partial charge in [0, 0.05) is 11.1 Å². The maximum Gasteiger partial charge on any atom is 0.326 e. The largest absolute Gasteiger partial charge is 0.451 e. The Morgan fingerprint density at radius 3 is 2.73 bits per heavy atom. The maximum atomic E-state index is 12.7. The predicted octanol–water partition coefficient (Wildman–Crippen LogP) is 1.36. The number of carbonyl (C=O) groups is 2. The number of nitrogens with two attached hydrogens (primary N) is 1. The fraction of sp³-hybridized carbons (Fsp3) is 0.143. The number of hydrogen-bond donors (Lipinski definition) is 2. The van der Waals surface area contributed by atoms with Crippen molar-refractivity contribution in [3.05, 3.63) is 65.2 Å². The average Bonchev–Trinajstić information content (AvgIpc) is 3.15. The second-order valence-corrected chi connectivity index (χ2v) is 8.71. The molecule has 1 amide bonds. The number of nitrogens with one attached hydrogen (secondary N) is 1. The zero-order valence-electron chi connectivity index (χ0n) is 17.2. The highest BCUT2D eigenvalue weighted by molar-refractivity contribution is 7.89. The van der Waals surface area contributed by atoms with Gasteiger partial charge in [-0.05, 0) is 37.3 Å². The molecule has 11 nitrogen and oxygen atoms in total. The van der Waals surface area contributed by atoms with E-state index in [-0.39, 0.29) is 16.2 Å². The Hall–Kier alpha value is -4.03. The van der Waals surface area contributed by atoms with Gasteiger partial charge in [-0.25, -0.2) is 18.5 Å². The van der Waals surface area contributed by atoms with Crippen molar-refractivity contribution in [1.29, 1.82) is 0 Å². The topological polar surface area (TPSA) is 164 Å². The molecule has 0 saturated carbocycles. The fourth-order valence-electron chi connectivity index (χ4n) is 3.15. The molecule has 0 spiro atoms. The molecule has 2 aromatic heterocycles. The number of aromatic nitrogens is 2. The van der Waals surface area contributed by atoms with Gasteiger partial charge >= 0.3 is 5.97 Å². The number of carbonyl (C=O) groups excluding carboxylic acids is 2. The summed E-state index contributed by atoms with van der Waals surface area (Å²) in [6.07, 6.45) is -0.0218. The number of nitrogens with zero attached hydrogens (tertiary/aromatic N) is 2. The average molecular weight is 470 g/mol. The Bertz CT molecular complexity index is 1560. The van der Waals surface area contributed by atoms with Crippen LogP contribution in [-0.4, -0.2) is 35.9 Å². The number of anilines is 1. The molecule has 0 bridgehead atoms. The van der Waals surface area contributed by atoms with E-state index in [0.29, 0.717) is 16.5 Å². The van der Waals surface area contributed by atoms with Crippen molar-refractivity contribution in [3.8, 4) is 0 Å². The molecule has 3 N–H and O–H groups in total. The smallest absolute Gasteiger partial charge is 0.326 e. The van der Waals surface area contributed by atoms with Crippen molar-refractivity contribution in [1.82, 2.24) is 9.55 Å². The number of benzene rings is 2. The minimum absolute atomic E-state index is 0.00651. The van der Waals surface area contributed by atoms with E-state index in [1.807, 2.05) is 0 Å². The van der Waals surface area contributed by atoms with Crippen LogP contribution < -0.4 is 16.0 Å². The van der Waals surface area contributed by atoms with Crippen molar-refractivity contribution in [2.24, 2.45) is 5.14 Å². The highest BCUT2D eigenvalue weighted by atomic mass is 32.2. The van der Waals surface area contributed by atoms with Crippen LogP contribution in [0.2, 0.25) is 0 Å². The number of primary sulfonamides is 1. The highest BCUT2D eigenvalue weighted by Crippen LogP contribution is 2.24. The number of rotatable bonds is 6.